The fraction of sp³-hybridized carbons (Fsp3) is 0.441. The van der Waals surface area contributed by atoms with Crippen molar-refractivity contribution in [2.24, 2.45) is 11.7 Å². The van der Waals surface area contributed by atoms with Crippen LogP contribution in [-0.2, 0) is 15.1 Å². The van der Waals surface area contributed by atoms with E-state index in [1.165, 1.54) is 0 Å². The van der Waals surface area contributed by atoms with Gasteiger partial charge in [0.15, 0.2) is 0 Å². The Kier molecular flexibility index (Phi) is 8.66. The van der Waals surface area contributed by atoms with Crippen molar-refractivity contribution in [2.75, 3.05) is 19.0 Å². The summed E-state index contributed by atoms with van der Waals surface area (Å²) in [5.74, 6) is 0.251. The molecule has 0 atom stereocenters. The average Bonchev–Trinajstić information content (AvgIpc) is 2.97. The molecule has 0 bridgehead atoms. The van der Waals surface area contributed by atoms with Crippen LogP contribution in [0.4, 0.5) is 10.5 Å². The minimum atomic E-state index is -0.712. The lowest BCUT2D eigenvalue weighted by atomic mass is 9.63. The number of nitrogens with two attached hydrogens (primary N) is 1. The molecule has 8 heteroatoms. The van der Waals surface area contributed by atoms with Gasteiger partial charge in [-0.05, 0) is 75.5 Å². The smallest absolute Gasteiger partial charge is 0.409 e. The number of nitrogens with one attached hydrogen (secondary N) is 1. The van der Waals surface area contributed by atoms with Gasteiger partial charge in [0.2, 0.25) is 5.91 Å². The summed E-state index contributed by atoms with van der Waals surface area (Å²) >= 11 is 0. The minimum absolute atomic E-state index is 0.0280. The largest absolute Gasteiger partial charge is 0.450 e. The van der Waals surface area contributed by atoms with Gasteiger partial charge in [0.05, 0.1) is 29.8 Å². The van der Waals surface area contributed by atoms with Crippen molar-refractivity contribution >= 4 is 17.7 Å². The second-order valence-electron chi connectivity index (χ2n) is 12.3. The van der Waals surface area contributed by atoms with Crippen LogP contribution >= 0.6 is 0 Å². The Balaban J connectivity index is 1.27. The maximum atomic E-state index is 13.1. The van der Waals surface area contributed by atoms with Gasteiger partial charge in [-0.25, -0.2) is 4.79 Å². The number of rotatable bonds is 8. The number of anilines is 1. The van der Waals surface area contributed by atoms with Crippen molar-refractivity contribution in [3.05, 3.63) is 72.4 Å². The van der Waals surface area contributed by atoms with Crippen molar-refractivity contribution in [1.82, 2.24) is 9.88 Å². The molecule has 2 aliphatic carbocycles. The number of nitrogens with zero attached hydrogens (tertiary/aromatic N) is 2. The van der Waals surface area contributed by atoms with Crippen LogP contribution in [0, 0.1) is 5.92 Å². The number of ether oxygens (including phenoxy) is 1. The van der Waals surface area contributed by atoms with Gasteiger partial charge in [-0.2, -0.15) is 0 Å². The van der Waals surface area contributed by atoms with Crippen LogP contribution in [0.3, 0.4) is 0 Å². The van der Waals surface area contributed by atoms with Gasteiger partial charge in [0.1, 0.15) is 0 Å². The molecule has 2 aliphatic rings. The molecule has 0 radical (unpaired) electrons. The first-order chi connectivity index (χ1) is 20.1. The maximum absolute atomic E-state index is 13.1. The molecule has 42 heavy (non-hydrogen) atoms. The van der Waals surface area contributed by atoms with Gasteiger partial charge in [-0.15, -0.1) is 0 Å². The standard InChI is InChI=1S/C34H42N4O4/c1-4-42-32(40)38(3)28-16-10-23(11-17-28)18-30(39)37-27-19-29(24-8-6-5-7-9-24)31(36-20-27)25-12-14-26(15-13-25)34(35)21-33(2,41)22-34/h5-9,12-15,19-20,23,28,41H,4,10-11,16-18,21-22,35H2,1-3H3,(H,37,39). The number of aromatic nitrogens is 1. The zero-order valence-corrected chi connectivity index (χ0v) is 24.8. The monoisotopic (exact) mass is 570 g/mol. The van der Waals surface area contributed by atoms with E-state index in [4.69, 9.17) is 15.5 Å². The molecule has 4 N–H and O–H groups in total. The quantitative estimate of drug-likeness (QED) is 0.302. The van der Waals surface area contributed by atoms with E-state index in [0.717, 1.165) is 53.6 Å². The molecule has 0 unspecified atom stereocenters. The molecule has 222 valence electrons. The highest BCUT2D eigenvalue weighted by atomic mass is 16.6. The zero-order chi connectivity index (χ0) is 29.9. The molecule has 5 rings (SSSR count). The van der Waals surface area contributed by atoms with Gasteiger partial charge in [-0.3, -0.25) is 9.78 Å². The third-order valence-corrected chi connectivity index (χ3v) is 8.78. The Labute approximate surface area is 248 Å². The number of hydrogen-bond donors (Lipinski definition) is 3. The first-order valence-electron chi connectivity index (χ1n) is 14.9. The van der Waals surface area contributed by atoms with E-state index < -0.39 is 11.1 Å². The molecular weight excluding hydrogens is 528 g/mol. The minimum Gasteiger partial charge on any atom is -0.450 e. The number of carbonyl (C=O) groups is 2. The van der Waals surface area contributed by atoms with Crippen LogP contribution in [0.1, 0.15) is 64.4 Å². The van der Waals surface area contributed by atoms with Crippen molar-refractivity contribution in [1.29, 1.82) is 0 Å². The molecule has 3 aromatic rings. The maximum Gasteiger partial charge on any atom is 0.409 e. The number of pyridine rings is 1. The third kappa shape index (κ3) is 6.66. The topological polar surface area (TPSA) is 118 Å². The highest BCUT2D eigenvalue weighted by molar-refractivity contribution is 5.93. The molecular formula is C34H42N4O4. The predicted molar refractivity (Wildman–Crippen MR) is 165 cm³/mol. The summed E-state index contributed by atoms with van der Waals surface area (Å²) in [6.07, 6.45) is 6.46. The molecule has 1 aromatic heterocycles. The second kappa shape index (κ2) is 12.2. The van der Waals surface area contributed by atoms with Crippen LogP contribution in [0.5, 0.6) is 0 Å². The van der Waals surface area contributed by atoms with E-state index in [-0.39, 0.29) is 24.0 Å². The Hall–Kier alpha value is -3.75. The van der Waals surface area contributed by atoms with Gasteiger partial charge in [-0.1, -0.05) is 54.6 Å². The molecule has 8 nitrogen and oxygen atoms in total. The molecule has 1 heterocycles. The lowest BCUT2D eigenvalue weighted by Gasteiger charge is -2.49. The summed E-state index contributed by atoms with van der Waals surface area (Å²) in [5, 5.41) is 13.3. The lowest BCUT2D eigenvalue weighted by Crippen LogP contribution is -2.58. The normalized spacial score (nSPS) is 25.3. The van der Waals surface area contributed by atoms with Crippen molar-refractivity contribution in [2.45, 2.75) is 76.0 Å². The van der Waals surface area contributed by atoms with Crippen LogP contribution < -0.4 is 11.1 Å². The van der Waals surface area contributed by atoms with Gasteiger partial charge < -0.3 is 25.8 Å². The van der Waals surface area contributed by atoms with Crippen molar-refractivity contribution in [3.8, 4) is 22.4 Å². The summed E-state index contributed by atoms with van der Waals surface area (Å²) in [6.45, 7) is 4.00. The molecule has 0 saturated heterocycles. The highest BCUT2D eigenvalue weighted by Crippen LogP contribution is 2.46. The average molecular weight is 571 g/mol. The first kappa shape index (κ1) is 29.7. The fourth-order valence-corrected chi connectivity index (χ4v) is 6.66. The second-order valence-corrected chi connectivity index (χ2v) is 12.3. The Morgan fingerprint density at radius 3 is 2.33 bits per heavy atom. The number of benzene rings is 2. The van der Waals surface area contributed by atoms with E-state index in [2.05, 4.69) is 5.32 Å². The third-order valence-electron chi connectivity index (χ3n) is 8.78. The summed E-state index contributed by atoms with van der Waals surface area (Å²) < 4.78 is 5.13. The van der Waals surface area contributed by atoms with Crippen LogP contribution in [0.15, 0.2) is 66.9 Å². The lowest BCUT2D eigenvalue weighted by molar-refractivity contribution is -0.117. The van der Waals surface area contributed by atoms with Gasteiger partial charge >= 0.3 is 6.09 Å². The van der Waals surface area contributed by atoms with E-state index in [1.54, 1.807) is 18.1 Å². The number of carbonyl (C=O) groups excluding carboxylic acids is 2. The number of aliphatic hydroxyl groups is 1. The summed E-state index contributed by atoms with van der Waals surface area (Å²) in [7, 11) is 1.79. The van der Waals surface area contributed by atoms with Crippen molar-refractivity contribution in [3.63, 3.8) is 0 Å². The van der Waals surface area contributed by atoms with E-state index in [9.17, 15) is 14.7 Å². The molecule has 2 saturated carbocycles. The summed E-state index contributed by atoms with van der Waals surface area (Å²) in [4.78, 5) is 31.6. The van der Waals surface area contributed by atoms with Crippen molar-refractivity contribution < 1.29 is 19.4 Å². The SMILES string of the molecule is CCOC(=O)N(C)C1CCC(CC(=O)Nc2cnc(-c3ccc(C4(N)CC(C)(O)C4)cc3)c(-c3ccccc3)c2)CC1. The molecule has 0 spiro atoms. The Bertz CT molecular complexity index is 1390. The number of amides is 2. The molecule has 0 aliphatic heterocycles. The van der Waals surface area contributed by atoms with E-state index in [1.807, 2.05) is 74.5 Å². The molecule has 2 fully saturated rings. The Morgan fingerprint density at radius 2 is 1.71 bits per heavy atom. The summed E-state index contributed by atoms with van der Waals surface area (Å²) in [5.41, 5.74) is 10.7. The van der Waals surface area contributed by atoms with E-state index in [0.29, 0.717) is 31.6 Å². The first-order valence-corrected chi connectivity index (χ1v) is 14.9. The Morgan fingerprint density at radius 1 is 1.05 bits per heavy atom. The van der Waals surface area contributed by atoms with Gasteiger partial charge in [0, 0.05) is 36.2 Å². The van der Waals surface area contributed by atoms with Crippen LogP contribution in [0.25, 0.3) is 22.4 Å². The van der Waals surface area contributed by atoms with Crippen LogP contribution in [0.2, 0.25) is 0 Å². The predicted octanol–water partition coefficient (Wildman–Crippen LogP) is 6.09. The highest BCUT2D eigenvalue weighted by Gasteiger charge is 2.49. The molecule has 2 amide bonds. The fourth-order valence-electron chi connectivity index (χ4n) is 6.66. The van der Waals surface area contributed by atoms with Gasteiger partial charge in [0.25, 0.3) is 0 Å². The van der Waals surface area contributed by atoms with Crippen LogP contribution in [-0.4, -0.2) is 52.3 Å². The number of hydrogen-bond acceptors (Lipinski definition) is 6. The zero-order valence-electron chi connectivity index (χ0n) is 24.8. The van der Waals surface area contributed by atoms with E-state index >= 15 is 0 Å². The molecule has 2 aromatic carbocycles. The summed E-state index contributed by atoms with van der Waals surface area (Å²) in [6, 6.07) is 20.3.